The first-order valence-corrected chi connectivity index (χ1v) is 14.7. The van der Waals surface area contributed by atoms with Crippen LogP contribution >= 0.6 is 0 Å². The average molecular weight is 595 g/mol. The number of amides is 3. The van der Waals surface area contributed by atoms with E-state index in [1.165, 1.54) is 4.90 Å². The van der Waals surface area contributed by atoms with Crippen molar-refractivity contribution in [3.05, 3.63) is 66.0 Å². The van der Waals surface area contributed by atoms with Crippen LogP contribution in [0.5, 0.6) is 0 Å². The van der Waals surface area contributed by atoms with E-state index < -0.39 is 47.7 Å². The number of hydrogen-bond acceptors (Lipinski definition) is 8. The molecule has 232 valence electrons. The molecule has 0 bridgehead atoms. The normalized spacial score (nSPS) is 16.1. The fourth-order valence-electron chi connectivity index (χ4n) is 4.88. The number of carbonyl (C=O) groups is 5. The number of rotatable bonds is 14. The summed E-state index contributed by atoms with van der Waals surface area (Å²) in [5.74, 6) is -2.32. The zero-order valence-electron chi connectivity index (χ0n) is 25.3. The summed E-state index contributed by atoms with van der Waals surface area (Å²) in [7, 11) is 0. The third kappa shape index (κ3) is 10.8. The van der Waals surface area contributed by atoms with E-state index in [9.17, 15) is 24.0 Å². The number of ether oxygens (including phenoxy) is 2. The van der Waals surface area contributed by atoms with Crippen LogP contribution in [0.15, 0.2) is 54.9 Å². The molecule has 1 aromatic heterocycles. The number of alkyl carbamates (subject to hydrolysis) is 2. The van der Waals surface area contributed by atoms with Crippen molar-refractivity contribution in [2.24, 2.45) is 17.8 Å². The Labute approximate surface area is 252 Å². The molecule has 1 aliphatic rings. The number of aromatic nitrogens is 1. The van der Waals surface area contributed by atoms with Gasteiger partial charge in [-0.2, -0.15) is 0 Å². The number of Topliss-reactive ketones (excluding diaryl/α,β-unsaturated/α-hetero) is 2. The van der Waals surface area contributed by atoms with Crippen LogP contribution in [0, 0.1) is 17.8 Å². The minimum atomic E-state index is -1.09. The van der Waals surface area contributed by atoms with Gasteiger partial charge in [-0.3, -0.25) is 19.4 Å². The highest BCUT2D eigenvalue weighted by molar-refractivity contribution is 6.09. The van der Waals surface area contributed by atoms with E-state index in [4.69, 9.17) is 9.47 Å². The van der Waals surface area contributed by atoms with Crippen molar-refractivity contribution in [2.75, 3.05) is 19.7 Å². The van der Waals surface area contributed by atoms with Gasteiger partial charge in [0, 0.05) is 25.4 Å². The fourth-order valence-corrected chi connectivity index (χ4v) is 4.88. The highest BCUT2D eigenvalue weighted by Crippen LogP contribution is 2.21. The lowest BCUT2D eigenvalue weighted by Crippen LogP contribution is -2.49. The van der Waals surface area contributed by atoms with Crippen molar-refractivity contribution in [2.45, 2.75) is 65.6 Å². The van der Waals surface area contributed by atoms with Crippen LogP contribution < -0.4 is 10.6 Å². The molecule has 43 heavy (non-hydrogen) atoms. The molecule has 0 saturated carbocycles. The Morgan fingerprint density at radius 1 is 0.860 bits per heavy atom. The van der Waals surface area contributed by atoms with E-state index in [0.717, 1.165) is 11.1 Å². The summed E-state index contributed by atoms with van der Waals surface area (Å²) in [6.07, 6.45) is 2.93. The lowest BCUT2D eigenvalue weighted by molar-refractivity contribution is -0.134. The van der Waals surface area contributed by atoms with E-state index in [1.807, 2.05) is 70.2 Å². The van der Waals surface area contributed by atoms with Crippen molar-refractivity contribution < 1.29 is 33.4 Å². The second-order valence-electron chi connectivity index (χ2n) is 11.6. The van der Waals surface area contributed by atoms with E-state index >= 15 is 0 Å². The lowest BCUT2D eigenvalue weighted by Gasteiger charge is -2.25. The average Bonchev–Trinajstić information content (AvgIpc) is 3.36. The van der Waals surface area contributed by atoms with Gasteiger partial charge < -0.3 is 25.0 Å². The van der Waals surface area contributed by atoms with Gasteiger partial charge in [-0.15, -0.1) is 0 Å². The Kier molecular flexibility index (Phi) is 12.7. The molecule has 1 aliphatic heterocycles. The second kappa shape index (κ2) is 16.4. The first-order valence-electron chi connectivity index (χ1n) is 14.7. The molecule has 1 unspecified atom stereocenters. The molecule has 0 spiro atoms. The van der Waals surface area contributed by atoms with E-state index in [0.29, 0.717) is 19.3 Å². The first kappa shape index (κ1) is 33.2. The Morgan fingerprint density at radius 2 is 1.47 bits per heavy atom. The summed E-state index contributed by atoms with van der Waals surface area (Å²) in [5.41, 5.74) is 1.76. The number of ketones is 2. The van der Waals surface area contributed by atoms with Crippen LogP contribution in [0.1, 0.15) is 51.7 Å². The Balaban J connectivity index is 1.59. The van der Waals surface area contributed by atoms with E-state index in [1.54, 1.807) is 12.4 Å². The molecule has 11 heteroatoms. The summed E-state index contributed by atoms with van der Waals surface area (Å²) in [6, 6.07) is 10.9. The standard InChI is InChI=1S/C32H42N4O7/c1-21(2)16-26(34-31(40)42-15-12-23-10-13-33-14-11-23)29(38)25-18-36(19-28(25)37)30(39)27(17-22(3)4)35-32(41)43-20-24-8-6-5-7-9-24/h5-11,13-14,21-22,25-27H,12,15-20H2,1-4H3,(H,34,40)(H,35,41)/t25?,26-,27-/m0/s1. The van der Waals surface area contributed by atoms with Crippen molar-refractivity contribution in [1.82, 2.24) is 20.5 Å². The van der Waals surface area contributed by atoms with Gasteiger partial charge in [-0.05, 0) is 47.9 Å². The molecule has 0 aliphatic carbocycles. The van der Waals surface area contributed by atoms with Crippen LogP contribution in [0.4, 0.5) is 9.59 Å². The molecule has 2 heterocycles. The zero-order valence-corrected chi connectivity index (χ0v) is 25.3. The van der Waals surface area contributed by atoms with Gasteiger partial charge in [0.2, 0.25) is 5.91 Å². The Morgan fingerprint density at radius 3 is 2.12 bits per heavy atom. The SMILES string of the molecule is CC(C)C[C@H](NC(=O)OCCc1ccncc1)C(=O)C1CN(C(=O)[C@H](CC(C)C)NC(=O)OCc2ccccc2)CC1=O. The van der Waals surface area contributed by atoms with E-state index in [2.05, 4.69) is 15.6 Å². The predicted octanol–water partition coefficient (Wildman–Crippen LogP) is 3.70. The molecule has 2 N–H and O–H groups in total. The number of benzene rings is 1. The fraction of sp³-hybridized carbons (Fsp3) is 0.500. The van der Waals surface area contributed by atoms with Gasteiger partial charge in [0.15, 0.2) is 11.6 Å². The molecular formula is C32H42N4O7. The highest BCUT2D eigenvalue weighted by Gasteiger charge is 2.43. The summed E-state index contributed by atoms with van der Waals surface area (Å²) in [6.45, 7) is 7.42. The molecule has 11 nitrogen and oxygen atoms in total. The van der Waals surface area contributed by atoms with Gasteiger partial charge in [0.05, 0.1) is 25.1 Å². The predicted molar refractivity (Wildman–Crippen MR) is 159 cm³/mol. The number of carbonyl (C=O) groups excluding carboxylic acids is 5. The number of nitrogens with zero attached hydrogens (tertiary/aromatic N) is 2. The smallest absolute Gasteiger partial charge is 0.408 e. The molecule has 2 aromatic rings. The zero-order chi connectivity index (χ0) is 31.4. The van der Waals surface area contributed by atoms with Crippen molar-refractivity contribution in [3.8, 4) is 0 Å². The maximum Gasteiger partial charge on any atom is 0.408 e. The maximum absolute atomic E-state index is 13.5. The molecule has 1 fully saturated rings. The van der Waals surface area contributed by atoms with Crippen molar-refractivity contribution in [1.29, 1.82) is 0 Å². The van der Waals surface area contributed by atoms with Gasteiger partial charge >= 0.3 is 12.2 Å². The molecule has 3 amide bonds. The van der Waals surface area contributed by atoms with Crippen molar-refractivity contribution in [3.63, 3.8) is 0 Å². The number of pyridine rings is 1. The molecular weight excluding hydrogens is 552 g/mol. The molecule has 3 rings (SSSR count). The summed E-state index contributed by atoms with van der Waals surface area (Å²) < 4.78 is 10.6. The summed E-state index contributed by atoms with van der Waals surface area (Å²) >= 11 is 0. The number of likely N-dealkylation sites (tertiary alicyclic amines) is 1. The largest absolute Gasteiger partial charge is 0.449 e. The van der Waals surface area contributed by atoms with Crippen LogP contribution in [0.25, 0.3) is 0 Å². The maximum atomic E-state index is 13.5. The molecule has 0 radical (unpaired) electrons. The number of nitrogens with one attached hydrogen (secondary N) is 2. The summed E-state index contributed by atoms with van der Waals surface area (Å²) in [4.78, 5) is 70.3. The quantitative estimate of drug-likeness (QED) is 0.315. The van der Waals surface area contributed by atoms with Gasteiger partial charge in [0.1, 0.15) is 12.6 Å². The lowest BCUT2D eigenvalue weighted by atomic mass is 9.91. The molecule has 1 saturated heterocycles. The van der Waals surface area contributed by atoms with Crippen LogP contribution in [-0.4, -0.2) is 71.3 Å². The minimum absolute atomic E-state index is 0.0434. The third-order valence-electron chi connectivity index (χ3n) is 7.02. The van der Waals surface area contributed by atoms with Crippen molar-refractivity contribution >= 4 is 29.7 Å². The van der Waals surface area contributed by atoms with Gasteiger partial charge in [-0.25, -0.2) is 9.59 Å². The van der Waals surface area contributed by atoms with Crippen LogP contribution in [-0.2, 0) is 36.9 Å². The van der Waals surface area contributed by atoms with Gasteiger partial charge in [0.25, 0.3) is 0 Å². The molecule has 1 aromatic carbocycles. The van der Waals surface area contributed by atoms with Crippen LogP contribution in [0.2, 0.25) is 0 Å². The second-order valence-corrected chi connectivity index (χ2v) is 11.6. The Bertz CT molecular complexity index is 1240. The topological polar surface area (TPSA) is 144 Å². The van der Waals surface area contributed by atoms with E-state index in [-0.39, 0.29) is 38.1 Å². The van der Waals surface area contributed by atoms with Gasteiger partial charge in [-0.1, -0.05) is 58.0 Å². The van der Waals surface area contributed by atoms with Crippen LogP contribution in [0.3, 0.4) is 0 Å². The third-order valence-corrected chi connectivity index (χ3v) is 7.02. The molecule has 3 atom stereocenters. The highest BCUT2D eigenvalue weighted by atomic mass is 16.6. The first-order chi connectivity index (χ1) is 20.5. The monoisotopic (exact) mass is 594 g/mol. The minimum Gasteiger partial charge on any atom is -0.449 e. The summed E-state index contributed by atoms with van der Waals surface area (Å²) in [5, 5.41) is 5.26. The Hall–Kier alpha value is -4.28. The number of hydrogen-bond donors (Lipinski definition) is 2.